The lowest BCUT2D eigenvalue weighted by Gasteiger charge is -2.34. The Hall–Kier alpha value is -2.40. The van der Waals surface area contributed by atoms with Crippen molar-refractivity contribution in [2.45, 2.75) is 25.6 Å². The van der Waals surface area contributed by atoms with Gasteiger partial charge in [0.15, 0.2) is 5.82 Å². The van der Waals surface area contributed by atoms with Gasteiger partial charge in [-0.25, -0.2) is 4.79 Å². The molecule has 32 heavy (non-hydrogen) atoms. The molecule has 4 rings (SSSR count). The number of amides is 1. The second-order valence-corrected chi connectivity index (χ2v) is 8.65. The van der Waals surface area contributed by atoms with Crippen LogP contribution in [-0.2, 0) is 12.7 Å². The van der Waals surface area contributed by atoms with E-state index in [4.69, 9.17) is 0 Å². The fourth-order valence-electron chi connectivity index (χ4n) is 4.22. The number of hydrogen-bond acceptors (Lipinski definition) is 6. The number of aromatic nitrogens is 2. The van der Waals surface area contributed by atoms with Crippen molar-refractivity contribution >= 4 is 29.5 Å². The first-order valence-electron chi connectivity index (χ1n) is 10.7. The van der Waals surface area contributed by atoms with Crippen LogP contribution in [0.15, 0.2) is 30.5 Å². The molecule has 1 N–H and O–H groups in total. The van der Waals surface area contributed by atoms with Crippen LogP contribution in [0.3, 0.4) is 0 Å². The molecule has 2 fully saturated rings. The van der Waals surface area contributed by atoms with Gasteiger partial charge in [0.2, 0.25) is 0 Å². The maximum absolute atomic E-state index is 13.5. The first kappa shape index (κ1) is 22.8. The molecule has 0 saturated carbocycles. The summed E-state index contributed by atoms with van der Waals surface area (Å²) in [6, 6.07) is 6.04. The van der Waals surface area contributed by atoms with Crippen LogP contribution in [0.1, 0.15) is 24.0 Å². The van der Waals surface area contributed by atoms with Crippen LogP contribution in [0.4, 0.5) is 29.5 Å². The number of anilines is 2. The van der Waals surface area contributed by atoms with Gasteiger partial charge in [-0.2, -0.15) is 17.9 Å². The van der Waals surface area contributed by atoms with Crippen LogP contribution < -0.4 is 9.62 Å². The van der Waals surface area contributed by atoms with Crippen molar-refractivity contribution in [1.29, 1.82) is 0 Å². The summed E-state index contributed by atoms with van der Waals surface area (Å²) in [7, 11) is 0. The number of carbonyl (C=O) groups is 1. The molecule has 0 bridgehead atoms. The third-order valence-corrected chi connectivity index (χ3v) is 6.27. The van der Waals surface area contributed by atoms with Crippen molar-refractivity contribution in [2.24, 2.45) is 0 Å². The van der Waals surface area contributed by atoms with Gasteiger partial charge in [0.1, 0.15) is 0 Å². The standard InChI is InChI=1S/C21H27F3N6OS/c1-32-26-19-6-9-30(25-19)20(31)29-12-10-27(11-13-29)15-16-4-5-17(21(22,23)24)18(14-16)28-7-2-3-8-28/h4-6,9,14H,2-3,7-8,10-13,15H2,1H3,(H,25,26). The molecule has 0 aliphatic carbocycles. The van der Waals surface area contributed by atoms with Crippen molar-refractivity contribution in [3.63, 3.8) is 0 Å². The number of nitrogens with one attached hydrogen (secondary N) is 1. The van der Waals surface area contributed by atoms with Gasteiger partial charge in [0.25, 0.3) is 0 Å². The van der Waals surface area contributed by atoms with E-state index < -0.39 is 11.7 Å². The Morgan fingerprint density at radius 2 is 1.81 bits per heavy atom. The monoisotopic (exact) mass is 468 g/mol. The summed E-state index contributed by atoms with van der Waals surface area (Å²) in [4.78, 5) is 18.4. The van der Waals surface area contributed by atoms with E-state index in [-0.39, 0.29) is 11.7 Å². The van der Waals surface area contributed by atoms with Crippen molar-refractivity contribution in [3.05, 3.63) is 41.6 Å². The largest absolute Gasteiger partial charge is 0.418 e. The molecular formula is C21H27F3N6OS. The van der Waals surface area contributed by atoms with E-state index in [1.807, 2.05) is 11.2 Å². The molecule has 0 atom stereocenters. The Morgan fingerprint density at radius 1 is 1.09 bits per heavy atom. The summed E-state index contributed by atoms with van der Waals surface area (Å²) < 4.78 is 44.8. The van der Waals surface area contributed by atoms with E-state index in [2.05, 4.69) is 14.7 Å². The predicted octanol–water partition coefficient (Wildman–Crippen LogP) is 3.98. The van der Waals surface area contributed by atoms with Crippen molar-refractivity contribution < 1.29 is 18.0 Å². The molecule has 2 aliphatic heterocycles. The highest BCUT2D eigenvalue weighted by Gasteiger charge is 2.35. The van der Waals surface area contributed by atoms with Gasteiger partial charge in [-0.3, -0.25) is 4.90 Å². The molecule has 3 heterocycles. The average Bonchev–Trinajstić information content (AvgIpc) is 3.46. The van der Waals surface area contributed by atoms with E-state index in [0.29, 0.717) is 51.6 Å². The second-order valence-electron chi connectivity index (χ2n) is 8.04. The SMILES string of the molecule is CSNc1ccn(C(=O)N2CCN(Cc3ccc(C(F)(F)F)c(N4CCCC4)c3)CC2)n1. The third kappa shape index (κ3) is 5.15. The second kappa shape index (κ2) is 9.62. The van der Waals surface area contributed by atoms with Gasteiger partial charge < -0.3 is 14.5 Å². The Morgan fingerprint density at radius 3 is 2.47 bits per heavy atom. The first-order chi connectivity index (χ1) is 15.3. The van der Waals surface area contributed by atoms with Gasteiger partial charge in [-0.1, -0.05) is 18.0 Å². The fourth-order valence-corrected chi connectivity index (χ4v) is 4.54. The van der Waals surface area contributed by atoms with Gasteiger partial charge in [-0.05, 0) is 30.5 Å². The summed E-state index contributed by atoms with van der Waals surface area (Å²) in [6.45, 7) is 4.29. The number of benzene rings is 1. The molecule has 174 valence electrons. The van der Waals surface area contributed by atoms with Gasteiger partial charge in [0, 0.05) is 70.0 Å². The van der Waals surface area contributed by atoms with Gasteiger partial charge in [-0.15, -0.1) is 5.10 Å². The lowest BCUT2D eigenvalue weighted by Crippen LogP contribution is -2.49. The van der Waals surface area contributed by atoms with Crippen LogP contribution in [0.5, 0.6) is 0 Å². The highest BCUT2D eigenvalue weighted by atomic mass is 32.2. The Balaban J connectivity index is 1.38. The molecule has 7 nitrogen and oxygen atoms in total. The topological polar surface area (TPSA) is 56.6 Å². The zero-order valence-electron chi connectivity index (χ0n) is 17.9. The normalized spacial score (nSPS) is 17.8. The molecule has 2 saturated heterocycles. The molecule has 0 radical (unpaired) electrons. The van der Waals surface area contributed by atoms with Crippen molar-refractivity contribution in [3.8, 4) is 0 Å². The summed E-state index contributed by atoms with van der Waals surface area (Å²) in [5.41, 5.74) is 0.585. The summed E-state index contributed by atoms with van der Waals surface area (Å²) in [6.07, 6.45) is 0.992. The lowest BCUT2D eigenvalue weighted by molar-refractivity contribution is -0.137. The molecule has 0 spiro atoms. The van der Waals surface area contributed by atoms with Crippen molar-refractivity contribution in [1.82, 2.24) is 19.6 Å². The molecule has 2 aromatic rings. The average molecular weight is 469 g/mol. The zero-order chi connectivity index (χ0) is 22.7. The Bertz CT molecular complexity index is 936. The van der Waals surface area contributed by atoms with Crippen LogP contribution in [-0.4, -0.2) is 71.1 Å². The predicted molar refractivity (Wildman–Crippen MR) is 120 cm³/mol. The number of carbonyl (C=O) groups excluding carboxylic acids is 1. The number of halogens is 3. The van der Waals surface area contributed by atoms with Crippen LogP contribution >= 0.6 is 11.9 Å². The highest BCUT2D eigenvalue weighted by Crippen LogP contribution is 2.38. The third-order valence-electron chi connectivity index (χ3n) is 5.85. The van der Waals surface area contributed by atoms with E-state index in [1.54, 1.807) is 29.3 Å². The quantitative estimate of drug-likeness (QED) is 0.670. The van der Waals surface area contributed by atoms with Crippen LogP contribution in [0.2, 0.25) is 0 Å². The number of rotatable bonds is 5. The van der Waals surface area contributed by atoms with E-state index in [1.165, 1.54) is 22.7 Å². The Labute approximate surface area is 189 Å². The molecule has 11 heteroatoms. The highest BCUT2D eigenvalue weighted by molar-refractivity contribution is 7.99. The minimum atomic E-state index is -4.36. The van der Waals surface area contributed by atoms with E-state index in [9.17, 15) is 18.0 Å². The first-order valence-corrected chi connectivity index (χ1v) is 11.9. The number of nitrogens with zero attached hydrogens (tertiary/aromatic N) is 5. The number of hydrogen-bond donors (Lipinski definition) is 1. The molecule has 0 unspecified atom stereocenters. The molecule has 2 aliphatic rings. The number of piperazine rings is 1. The number of alkyl halides is 3. The molecule has 1 aromatic carbocycles. The molecular weight excluding hydrogens is 441 g/mol. The summed E-state index contributed by atoms with van der Waals surface area (Å²) >= 11 is 1.40. The summed E-state index contributed by atoms with van der Waals surface area (Å²) in [5, 5.41) is 4.22. The molecule has 1 amide bonds. The van der Waals surface area contributed by atoms with Crippen LogP contribution in [0, 0.1) is 0 Å². The zero-order valence-corrected chi connectivity index (χ0v) is 18.8. The summed E-state index contributed by atoms with van der Waals surface area (Å²) in [5.74, 6) is 0.626. The minimum Gasteiger partial charge on any atom is -0.371 e. The van der Waals surface area contributed by atoms with Crippen molar-refractivity contribution in [2.75, 3.05) is 55.1 Å². The Kier molecular flexibility index (Phi) is 6.85. The minimum absolute atomic E-state index is 0.176. The van der Waals surface area contributed by atoms with Gasteiger partial charge >= 0.3 is 12.2 Å². The van der Waals surface area contributed by atoms with Gasteiger partial charge in [0.05, 0.1) is 5.56 Å². The fraction of sp³-hybridized carbons (Fsp3) is 0.524. The lowest BCUT2D eigenvalue weighted by atomic mass is 10.1. The maximum atomic E-state index is 13.5. The van der Waals surface area contributed by atoms with E-state index in [0.717, 1.165) is 18.4 Å². The van der Waals surface area contributed by atoms with E-state index >= 15 is 0 Å². The molecule has 1 aromatic heterocycles. The maximum Gasteiger partial charge on any atom is 0.418 e. The van der Waals surface area contributed by atoms with Crippen LogP contribution in [0.25, 0.3) is 0 Å². The smallest absolute Gasteiger partial charge is 0.371 e.